The molecule has 0 fully saturated rings. The van der Waals surface area contributed by atoms with Gasteiger partial charge in [-0.05, 0) is 66.3 Å². The summed E-state index contributed by atoms with van der Waals surface area (Å²) < 4.78 is 0. The summed E-state index contributed by atoms with van der Waals surface area (Å²) in [5.74, 6) is 0. The normalized spacial score (nSPS) is 12.9. The lowest BCUT2D eigenvalue weighted by atomic mass is 10.1. The van der Waals surface area contributed by atoms with E-state index in [0.29, 0.717) is 0 Å². The number of hydrogen-bond acceptors (Lipinski definition) is 1. The van der Waals surface area contributed by atoms with Crippen molar-refractivity contribution in [3.05, 3.63) is 114 Å². The quantitative estimate of drug-likeness (QED) is 0.478. The Morgan fingerprint density at radius 1 is 0.769 bits per heavy atom. The lowest BCUT2D eigenvalue weighted by Gasteiger charge is -2.25. The number of anilines is 2. The van der Waals surface area contributed by atoms with Gasteiger partial charge in [0.1, 0.15) is 0 Å². The topological polar surface area (TPSA) is 3.24 Å². The molecule has 26 heavy (non-hydrogen) atoms. The maximum atomic E-state index is 4.33. The first-order valence-electron chi connectivity index (χ1n) is 9.20. The van der Waals surface area contributed by atoms with Crippen LogP contribution in [0.5, 0.6) is 0 Å². The van der Waals surface area contributed by atoms with E-state index in [-0.39, 0.29) is 0 Å². The van der Waals surface area contributed by atoms with Crippen molar-refractivity contribution in [1.29, 1.82) is 0 Å². The van der Waals surface area contributed by atoms with Crippen LogP contribution in [0.3, 0.4) is 0 Å². The molecule has 1 aliphatic carbocycles. The van der Waals surface area contributed by atoms with Gasteiger partial charge >= 0.3 is 0 Å². The molecule has 1 heteroatoms. The second-order valence-corrected chi connectivity index (χ2v) is 6.71. The summed E-state index contributed by atoms with van der Waals surface area (Å²) >= 11 is 0. The van der Waals surface area contributed by atoms with E-state index in [2.05, 4.69) is 90.4 Å². The van der Waals surface area contributed by atoms with Crippen LogP contribution < -0.4 is 4.90 Å². The lowest BCUT2D eigenvalue weighted by Crippen LogP contribution is -2.13. The monoisotopic (exact) mass is 337 g/mol. The molecule has 0 N–H and O–H groups in total. The molecule has 0 saturated carbocycles. The standard InChI is InChI=1S/C25H23N/c1-20(15-16-21-17-18-22-9-8-10-23(22)19-21)26(24-11-4-2-5-12-24)25-13-6-3-7-14-25/h2-7,11-19H,1,8-10H2/b16-15+. The summed E-state index contributed by atoms with van der Waals surface area (Å²) in [5.41, 5.74) is 7.43. The Balaban J connectivity index is 1.62. The highest BCUT2D eigenvalue weighted by Crippen LogP contribution is 2.30. The SMILES string of the molecule is C=C(/C=C/c1ccc2c(c1)CCC2)N(c1ccccc1)c1ccccc1. The Labute approximate surface area is 155 Å². The van der Waals surface area contributed by atoms with E-state index in [9.17, 15) is 0 Å². The lowest BCUT2D eigenvalue weighted by molar-refractivity contribution is 0.912. The van der Waals surface area contributed by atoms with Gasteiger partial charge in [-0.15, -0.1) is 0 Å². The second kappa shape index (κ2) is 7.45. The van der Waals surface area contributed by atoms with Crippen LogP contribution in [0.2, 0.25) is 0 Å². The largest absolute Gasteiger partial charge is 0.311 e. The van der Waals surface area contributed by atoms with Gasteiger partial charge in [-0.2, -0.15) is 0 Å². The Morgan fingerprint density at radius 2 is 1.38 bits per heavy atom. The average molecular weight is 337 g/mol. The highest BCUT2D eigenvalue weighted by molar-refractivity contribution is 5.71. The highest BCUT2D eigenvalue weighted by atomic mass is 15.1. The summed E-state index contributed by atoms with van der Waals surface area (Å²) in [6.07, 6.45) is 7.99. The first-order chi connectivity index (χ1) is 12.8. The van der Waals surface area contributed by atoms with E-state index in [1.165, 1.54) is 36.0 Å². The number of aryl methyl sites for hydroxylation is 2. The molecule has 4 rings (SSSR count). The van der Waals surface area contributed by atoms with Crippen molar-refractivity contribution in [3.8, 4) is 0 Å². The number of allylic oxidation sites excluding steroid dienone is 1. The van der Waals surface area contributed by atoms with Gasteiger partial charge in [-0.25, -0.2) is 0 Å². The van der Waals surface area contributed by atoms with Gasteiger partial charge in [0.25, 0.3) is 0 Å². The fourth-order valence-electron chi connectivity index (χ4n) is 3.60. The fraction of sp³-hybridized carbons (Fsp3) is 0.120. The fourth-order valence-corrected chi connectivity index (χ4v) is 3.60. The zero-order valence-electron chi connectivity index (χ0n) is 14.9. The van der Waals surface area contributed by atoms with E-state index < -0.39 is 0 Å². The third-order valence-corrected chi connectivity index (χ3v) is 4.91. The number of para-hydroxylation sites is 2. The van der Waals surface area contributed by atoms with Crippen molar-refractivity contribution < 1.29 is 0 Å². The van der Waals surface area contributed by atoms with Gasteiger partial charge in [0.15, 0.2) is 0 Å². The average Bonchev–Trinajstić information content (AvgIpc) is 3.16. The van der Waals surface area contributed by atoms with Gasteiger partial charge in [0.2, 0.25) is 0 Å². The molecule has 1 nitrogen and oxygen atoms in total. The highest BCUT2D eigenvalue weighted by Gasteiger charge is 2.12. The van der Waals surface area contributed by atoms with Gasteiger partial charge in [-0.1, -0.05) is 67.3 Å². The van der Waals surface area contributed by atoms with E-state index in [1.54, 1.807) is 0 Å². The molecule has 1 aliphatic rings. The number of benzene rings is 3. The Kier molecular flexibility index (Phi) is 4.70. The minimum absolute atomic E-state index is 0.947. The molecule has 0 atom stereocenters. The van der Waals surface area contributed by atoms with Crippen LogP contribution in [0.15, 0.2) is 97.2 Å². The first-order valence-corrected chi connectivity index (χ1v) is 9.20. The molecule has 0 amide bonds. The molecule has 128 valence electrons. The van der Waals surface area contributed by atoms with Gasteiger partial charge in [0.05, 0.1) is 0 Å². The van der Waals surface area contributed by atoms with Crippen LogP contribution in [-0.2, 0) is 12.8 Å². The zero-order valence-corrected chi connectivity index (χ0v) is 14.9. The van der Waals surface area contributed by atoms with Crippen LogP contribution in [0, 0.1) is 0 Å². The molecule has 0 bridgehead atoms. The van der Waals surface area contributed by atoms with Crippen molar-refractivity contribution in [2.24, 2.45) is 0 Å². The van der Waals surface area contributed by atoms with E-state index >= 15 is 0 Å². The van der Waals surface area contributed by atoms with E-state index in [0.717, 1.165) is 17.1 Å². The van der Waals surface area contributed by atoms with Gasteiger partial charge < -0.3 is 4.90 Å². The van der Waals surface area contributed by atoms with Crippen molar-refractivity contribution in [3.63, 3.8) is 0 Å². The minimum atomic E-state index is 0.947. The molecule has 0 aliphatic heterocycles. The van der Waals surface area contributed by atoms with Crippen molar-refractivity contribution in [2.45, 2.75) is 19.3 Å². The van der Waals surface area contributed by atoms with E-state index in [1.807, 2.05) is 12.1 Å². The zero-order chi connectivity index (χ0) is 17.8. The molecule has 3 aromatic carbocycles. The summed E-state index contributed by atoms with van der Waals surface area (Å²) in [5, 5.41) is 0. The molecule has 0 aromatic heterocycles. The predicted molar refractivity (Wildman–Crippen MR) is 112 cm³/mol. The van der Waals surface area contributed by atoms with Crippen LogP contribution in [0.1, 0.15) is 23.1 Å². The third-order valence-electron chi connectivity index (χ3n) is 4.91. The molecule has 0 unspecified atom stereocenters. The van der Waals surface area contributed by atoms with Crippen molar-refractivity contribution in [2.75, 3.05) is 4.90 Å². The summed E-state index contributed by atoms with van der Waals surface area (Å²) in [6, 6.07) is 27.6. The summed E-state index contributed by atoms with van der Waals surface area (Å²) in [6.45, 7) is 4.33. The number of nitrogens with zero attached hydrogens (tertiary/aromatic N) is 1. The van der Waals surface area contributed by atoms with Crippen LogP contribution in [-0.4, -0.2) is 0 Å². The molecule has 0 heterocycles. The molecular formula is C25H23N. The van der Waals surface area contributed by atoms with Crippen molar-refractivity contribution >= 4 is 17.5 Å². The van der Waals surface area contributed by atoms with Crippen LogP contribution >= 0.6 is 0 Å². The van der Waals surface area contributed by atoms with Gasteiger partial charge in [-0.3, -0.25) is 0 Å². The first kappa shape index (κ1) is 16.4. The second-order valence-electron chi connectivity index (χ2n) is 6.71. The smallest absolute Gasteiger partial charge is 0.0461 e. The molecule has 0 saturated heterocycles. The van der Waals surface area contributed by atoms with Crippen LogP contribution in [0.25, 0.3) is 6.08 Å². The Bertz CT molecular complexity index is 883. The van der Waals surface area contributed by atoms with E-state index in [4.69, 9.17) is 0 Å². The van der Waals surface area contributed by atoms with Crippen molar-refractivity contribution in [1.82, 2.24) is 0 Å². The maximum Gasteiger partial charge on any atom is 0.0461 e. The molecule has 0 radical (unpaired) electrons. The number of rotatable bonds is 5. The third kappa shape index (κ3) is 3.48. The molecule has 0 spiro atoms. The Morgan fingerprint density at radius 3 is 2.04 bits per heavy atom. The molecular weight excluding hydrogens is 314 g/mol. The predicted octanol–water partition coefficient (Wildman–Crippen LogP) is 6.54. The number of hydrogen-bond donors (Lipinski definition) is 0. The summed E-state index contributed by atoms with van der Waals surface area (Å²) in [7, 11) is 0. The van der Waals surface area contributed by atoms with Crippen LogP contribution in [0.4, 0.5) is 11.4 Å². The molecule has 3 aromatic rings. The Hall–Kier alpha value is -3.06. The summed E-state index contributed by atoms with van der Waals surface area (Å²) in [4.78, 5) is 2.18. The maximum absolute atomic E-state index is 4.33. The van der Waals surface area contributed by atoms with Gasteiger partial charge in [0, 0.05) is 17.1 Å². The minimum Gasteiger partial charge on any atom is -0.311 e. The number of fused-ring (bicyclic) bond motifs is 1.